The molecule has 0 aliphatic carbocycles. The van der Waals surface area contributed by atoms with E-state index in [-0.39, 0.29) is 17.9 Å². The van der Waals surface area contributed by atoms with Gasteiger partial charge in [0.05, 0.1) is 6.61 Å². The first-order chi connectivity index (χ1) is 14.9. The number of carbonyl (C=O) groups is 2. The van der Waals surface area contributed by atoms with Crippen LogP contribution in [-0.4, -0.2) is 47.4 Å². The number of aromatic nitrogens is 1. The maximum Gasteiger partial charge on any atom is 0.267 e. The lowest BCUT2D eigenvalue weighted by Crippen LogP contribution is -2.46. The van der Waals surface area contributed by atoms with Crippen molar-refractivity contribution in [3.63, 3.8) is 0 Å². The minimum atomic E-state index is -0.0930. The fourth-order valence-corrected chi connectivity index (χ4v) is 4.25. The van der Waals surface area contributed by atoms with Crippen LogP contribution in [0.3, 0.4) is 0 Å². The van der Waals surface area contributed by atoms with Crippen LogP contribution in [0.4, 0.5) is 0 Å². The van der Waals surface area contributed by atoms with E-state index >= 15 is 0 Å². The van der Waals surface area contributed by atoms with Crippen LogP contribution >= 0.6 is 0 Å². The van der Waals surface area contributed by atoms with Gasteiger partial charge in [-0.2, -0.15) is 0 Å². The molecular formula is C25H29N3O3. The molecule has 2 heterocycles. The summed E-state index contributed by atoms with van der Waals surface area (Å²) in [7, 11) is 0. The molecule has 1 aliphatic rings. The molecule has 1 aliphatic heterocycles. The number of nitrogens with one attached hydrogen (secondary N) is 2. The molecule has 1 fully saturated rings. The number of H-pyrrole nitrogens is 1. The predicted octanol–water partition coefficient (Wildman–Crippen LogP) is 4.22. The van der Waals surface area contributed by atoms with Gasteiger partial charge in [0.2, 0.25) is 0 Å². The summed E-state index contributed by atoms with van der Waals surface area (Å²) >= 11 is 0. The van der Waals surface area contributed by atoms with Crippen molar-refractivity contribution < 1.29 is 14.3 Å². The van der Waals surface area contributed by atoms with Gasteiger partial charge in [-0.3, -0.25) is 9.59 Å². The topological polar surface area (TPSA) is 74.4 Å². The molecule has 6 heteroatoms. The van der Waals surface area contributed by atoms with E-state index in [9.17, 15) is 9.59 Å². The van der Waals surface area contributed by atoms with Crippen LogP contribution in [0.15, 0.2) is 42.5 Å². The number of amides is 2. The molecule has 6 nitrogen and oxygen atoms in total. The van der Waals surface area contributed by atoms with E-state index in [1.807, 2.05) is 30.0 Å². The summed E-state index contributed by atoms with van der Waals surface area (Å²) in [6, 6.07) is 13.4. The monoisotopic (exact) mass is 419 g/mol. The summed E-state index contributed by atoms with van der Waals surface area (Å²) in [4.78, 5) is 30.6. The minimum absolute atomic E-state index is 0.0225. The van der Waals surface area contributed by atoms with Crippen molar-refractivity contribution in [3.8, 4) is 5.75 Å². The van der Waals surface area contributed by atoms with Crippen molar-refractivity contribution in [1.82, 2.24) is 15.2 Å². The zero-order valence-electron chi connectivity index (χ0n) is 18.3. The number of piperidine rings is 1. The third-order valence-corrected chi connectivity index (χ3v) is 5.86. The van der Waals surface area contributed by atoms with Crippen LogP contribution < -0.4 is 10.1 Å². The lowest BCUT2D eigenvalue weighted by atomic mass is 10.0. The van der Waals surface area contributed by atoms with Gasteiger partial charge in [0.15, 0.2) is 0 Å². The number of aromatic amines is 1. The molecule has 3 aromatic rings. The van der Waals surface area contributed by atoms with Gasteiger partial charge in [0, 0.05) is 35.6 Å². The average molecular weight is 420 g/mol. The maximum atomic E-state index is 12.8. The highest BCUT2D eigenvalue weighted by molar-refractivity contribution is 5.99. The van der Waals surface area contributed by atoms with Crippen molar-refractivity contribution in [3.05, 3.63) is 64.8 Å². The molecule has 162 valence electrons. The van der Waals surface area contributed by atoms with Gasteiger partial charge < -0.3 is 19.9 Å². The van der Waals surface area contributed by atoms with Gasteiger partial charge in [0.25, 0.3) is 11.8 Å². The molecule has 31 heavy (non-hydrogen) atoms. The molecule has 0 unspecified atom stereocenters. The van der Waals surface area contributed by atoms with Crippen molar-refractivity contribution in [1.29, 1.82) is 0 Å². The van der Waals surface area contributed by atoms with E-state index in [4.69, 9.17) is 4.74 Å². The van der Waals surface area contributed by atoms with E-state index in [1.165, 1.54) is 5.56 Å². The Morgan fingerprint density at radius 3 is 2.48 bits per heavy atom. The standard InChI is InChI=1S/C25H29N3O3/c1-4-31-20-7-5-18(6-8-20)25(30)28-11-9-19(10-12-28)26-24(29)23-15-21-17(3)13-16(2)14-22(21)27-23/h5-8,13-15,19,27H,4,9-12H2,1-3H3,(H,26,29). The first-order valence-electron chi connectivity index (χ1n) is 10.9. The van der Waals surface area contributed by atoms with E-state index in [0.717, 1.165) is 35.1 Å². The second-order valence-corrected chi connectivity index (χ2v) is 8.22. The van der Waals surface area contributed by atoms with Gasteiger partial charge in [-0.05, 0) is 81.1 Å². The SMILES string of the molecule is CCOc1ccc(C(=O)N2CCC(NC(=O)c3cc4c(C)cc(C)cc4[nH]3)CC2)cc1. The number of carbonyl (C=O) groups excluding carboxylic acids is 2. The Morgan fingerprint density at radius 2 is 1.81 bits per heavy atom. The smallest absolute Gasteiger partial charge is 0.267 e. The zero-order valence-corrected chi connectivity index (χ0v) is 18.3. The normalized spacial score (nSPS) is 14.6. The summed E-state index contributed by atoms with van der Waals surface area (Å²) in [5.74, 6) is 0.696. The molecule has 0 saturated carbocycles. The number of benzene rings is 2. The van der Waals surface area contributed by atoms with Gasteiger partial charge in [-0.25, -0.2) is 0 Å². The summed E-state index contributed by atoms with van der Waals surface area (Å²) in [5.41, 5.74) is 4.56. The van der Waals surface area contributed by atoms with Crippen molar-refractivity contribution in [2.75, 3.05) is 19.7 Å². The first kappa shape index (κ1) is 21.0. The number of likely N-dealkylation sites (tertiary alicyclic amines) is 1. The maximum absolute atomic E-state index is 12.8. The summed E-state index contributed by atoms with van der Waals surface area (Å²) < 4.78 is 5.44. The molecule has 0 spiro atoms. The molecule has 0 atom stereocenters. The van der Waals surface area contributed by atoms with Gasteiger partial charge in [0.1, 0.15) is 11.4 Å². The number of nitrogens with zero attached hydrogens (tertiary/aromatic N) is 1. The van der Waals surface area contributed by atoms with Crippen LogP contribution in [0, 0.1) is 13.8 Å². The Morgan fingerprint density at radius 1 is 1.10 bits per heavy atom. The fourth-order valence-electron chi connectivity index (χ4n) is 4.25. The van der Waals surface area contributed by atoms with Crippen molar-refractivity contribution in [2.24, 2.45) is 0 Å². The lowest BCUT2D eigenvalue weighted by molar-refractivity contribution is 0.0697. The molecule has 2 aromatic carbocycles. The number of hydrogen-bond donors (Lipinski definition) is 2. The highest BCUT2D eigenvalue weighted by Crippen LogP contribution is 2.22. The van der Waals surface area contributed by atoms with Gasteiger partial charge in [-0.15, -0.1) is 0 Å². The second kappa shape index (κ2) is 8.84. The quantitative estimate of drug-likeness (QED) is 0.650. The Hall–Kier alpha value is -3.28. The van der Waals surface area contributed by atoms with E-state index < -0.39 is 0 Å². The first-order valence-corrected chi connectivity index (χ1v) is 10.9. The number of hydrogen-bond acceptors (Lipinski definition) is 3. The molecule has 1 aromatic heterocycles. The molecule has 0 radical (unpaired) electrons. The number of ether oxygens (including phenoxy) is 1. The Bertz CT molecular complexity index is 1090. The Kier molecular flexibility index (Phi) is 5.98. The van der Waals surface area contributed by atoms with Crippen LogP contribution in [0.1, 0.15) is 51.7 Å². The molecule has 2 N–H and O–H groups in total. The number of aryl methyl sites for hydroxylation is 2. The predicted molar refractivity (Wildman–Crippen MR) is 122 cm³/mol. The van der Waals surface area contributed by atoms with Crippen LogP contribution in [0.5, 0.6) is 5.75 Å². The highest BCUT2D eigenvalue weighted by atomic mass is 16.5. The second-order valence-electron chi connectivity index (χ2n) is 8.22. The van der Waals surface area contributed by atoms with Crippen LogP contribution in [0.2, 0.25) is 0 Å². The van der Waals surface area contributed by atoms with Crippen LogP contribution in [0.25, 0.3) is 10.9 Å². The fraction of sp³-hybridized carbons (Fsp3) is 0.360. The molecule has 2 amide bonds. The Balaban J connectivity index is 1.34. The van der Waals surface area contributed by atoms with Gasteiger partial charge >= 0.3 is 0 Å². The summed E-state index contributed by atoms with van der Waals surface area (Å²) in [6.45, 7) is 7.90. The van der Waals surface area contributed by atoms with Crippen LogP contribution in [-0.2, 0) is 0 Å². The third-order valence-electron chi connectivity index (χ3n) is 5.86. The van der Waals surface area contributed by atoms with Crippen molar-refractivity contribution in [2.45, 2.75) is 39.7 Å². The highest BCUT2D eigenvalue weighted by Gasteiger charge is 2.25. The zero-order chi connectivity index (χ0) is 22.0. The van der Waals surface area contributed by atoms with Gasteiger partial charge in [-0.1, -0.05) is 6.07 Å². The molecular weight excluding hydrogens is 390 g/mol. The Labute approximate surface area is 182 Å². The largest absolute Gasteiger partial charge is 0.494 e. The summed E-state index contributed by atoms with van der Waals surface area (Å²) in [6.07, 6.45) is 1.49. The minimum Gasteiger partial charge on any atom is -0.494 e. The lowest BCUT2D eigenvalue weighted by Gasteiger charge is -2.32. The molecule has 1 saturated heterocycles. The average Bonchev–Trinajstić information content (AvgIpc) is 3.19. The van der Waals surface area contributed by atoms with E-state index in [0.29, 0.717) is 31.0 Å². The van der Waals surface area contributed by atoms with E-state index in [1.54, 1.807) is 12.1 Å². The van der Waals surface area contributed by atoms with E-state index in [2.05, 4.69) is 36.3 Å². The number of fused-ring (bicyclic) bond motifs is 1. The molecule has 0 bridgehead atoms. The van der Waals surface area contributed by atoms with Crippen molar-refractivity contribution >= 4 is 22.7 Å². The third kappa shape index (κ3) is 4.58. The molecule has 4 rings (SSSR count). The summed E-state index contributed by atoms with van der Waals surface area (Å²) in [5, 5.41) is 4.20. The number of rotatable bonds is 5.